The molecule has 0 aliphatic carbocycles. The molecule has 16 heavy (non-hydrogen) atoms. The Bertz CT molecular complexity index is 402. The Morgan fingerprint density at radius 2 is 2.00 bits per heavy atom. The third kappa shape index (κ3) is 3.06. The molecule has 0 spiro atoms. The van der Waals surface area contributed by atoms with E-state index in [9.17, 15) is 4.79 Å². The van der Waals surface area contributed by atoms with Crippen LogP contribution in [0.1, 0.15) is 19.4 Å². The summed E-state index contributed by atoms with van der Waals surface area (Å²) >= 11 is 3.42. The molecule has 0 saturated heterocycles. The number of hydrogen-bond donors (Lipinski definition) is 2. The van der Waals surface area contributed by atoms with Crippen LogP contribution in [0.15, 0.2) is 22.7 Å². The van der Waals surface area contributed by atoms with Crippen LogP contribution in [0.4, 0.5) is 5.69 Å². The summed E-state index contributed by atoms with van der Waals surface area (Å²) in [4.78, 5) is 11.9. The molecule has 88 valence electrons. The highest BCUT2D eigenvalue weighted by Crippen LogP contribution is 2.20. The summed E-state index contributed by atoms with van der Waals surface area (Å²) in [5.74, 6) is -0.0447. The fourth-order valence-corrected chi connectivity index (χ4v) is 1.37. The Hall–Kier alpha value is -0.870. The molecule has 0 saturated carbocycles. The summed E-state index contributed by atoms with van der Waals surface area (Å²) in [6.45, 7) is 5.67. The standard InChI is InChI=1S/C12H17BrN2O/c1-8-7-9(5-6-10(8)13)15-11(16)12(2,3)14-4/h5-7,14H,1-4H3,(H,15,16). The number of aryl methyl sites for hydroxylation is 1. The number of carbonyl (C=O) groups excluding carboxylic acids is 1. The first kappa shape index (κ1) is 13.2. The second-order valence-corrected chi connectivity index (χ2v) is 5.15. The summed E-state index contributed by atoms with van der Waals surface area (Å²) in [6.07, 6.45) is 0. The van der Waals surface area contributed by atoms with Crippen molar-refractivity contribution in [2.75, 3.05) is 12.4 Å². The molecule has 0 radical (unpaired) electrons. The van der Waals surface area contributed by atoms with Crippen molar-refractivity contribution in [2.24, 2.45) is 0 Å². The van der Waals surface area contributed by atoms with E-state index in [0.717, 1.165) is 15.7 Å². The van der Waals surface area contributed by atoms with Crippen LogP contribution >= 0.6 is 15.9 Å². The lowest BCUT2D eigenvalue weighted by molar-refractivity contribution is -0.121. The Labute approximate surface area is 105 Å². The molecule has 0 aliphatic heterocycles. The van der Waals surface area contributed by atoms with Crippen LogP contribution in [0.25, 0.3) is 0 Å². The van der Waals surface area contributed by atoms with Gasteiger partial charge in [0, 0.05) is 10.2 Å². The van der Waals surface area contributed by atoms with Gasteiger partial charge in [0.2, 0.25) is 5.91 Å². The maximum Gasteiger partial charge on any atom is 0.244 e. The van der Waals surface area contributed by atoms with Gasteiger partial charge in [0.15, 0.2) is 0 Å². The van der Waals surface area contributed by atoms with E-state index in [2.05, 4.69) is 26.6 Å². The lowest BCUT2D eigenvalue weighted by Gasteiger charge is -2.22. The molecule has 0 aliphatic rings. The first-order valence-electron chi connectivity index (χ1n) is 5.13. The second-order valence-electron chi connectivity index (χ2n) is 4.29. The van der Waals surface area contributed by atoms with Crippen LogP contribution < -0.4 is 10.6 Å². The van der Waals surface area contributed by atoms with Gasteiger partial charge >= 0.3 is 0 Å². The summed E-state index contributed by atoms with van der Waals surface area (Å²) in [5, 5.41) is 5.84. The van der Waals surface area contributed by atoms with Crippen molar-refractivity contribution >= 4 is 27.5 Å². The molecular formula is C12H17BrN2O. The minimum Gasteiger partial charge on any atom is -0.324 e. The third-order valence-electron chi connectivity index (χ3n) is 2.61. The van der Waals surface area contributed by atoms with E-state index in [1.165, 1.54) is 0 Å². The van der Waals surface area contributed by atoms with Crippen LogP contribution in [0.2, 0.25) is 0 Å². The lowest BCUT2D eigenvalue weighted by Crippen LogP contribution is -2.47. The summed E-state index contributed by atoms with van der Waals surface area (Å²) < 4.78 is 1.04. The van der Waals surface area contributed by atoms with Gasteiger partial charge in [0.25, 0.3) is 0 Å². The summed E-state index contributed by atoms with van der Waals surface area (Å²) in [5.41, 5.74) is 1.34. The lowest BCUT2D eigenvalue weighted by atomic mass is 10.0. The molecule has 0 fully saturated rings. The molecule has 1 amide bonds. The van der Waals surface area contributed by atoms with Gasteiger partial charge in [-0.05, 0) is 51.6 Å². The van der Waals surface area contributed by atoms with Crippen molar-refractivity contribution in [3.63, 3.8) is 0 Å². The van der Waals surface area contributed by atoms with Gasteiger partial charge in [0.1, 0.15) is 0 Å². The molecule has 1 rings (SSSR count). The van der Waals surface area contributed by atoms with E-state index in [-0.39, 0.29) is 5.91 Å². The zero-order valence-electron chi connectivity index (χ0n) is 10.0. The summed E-state index contributed by atoms with van der Waals surface area (Å²) in [6, 6.07) is 5.74. The van der Waals surface area contributed by atoms with Crippen LogP contribution in [-0.2, 0) is 4.79 Å². The first-order valence-corrected chi connectivity index (χ1v) is 5.92. The molecule has 0 aromatic heterocycles. The predicted octanol–water partition coefficient (Wildman–Crippen LogP) is 2.69. The van der Waals surface area contributed by atoms with Crippen LogP contribution in [-0.4, -0.2) is 18.5 Å². The fraction of sp³-hybridized carbons (Fsp3) is 0.417. The van der Waals surface area contributed by atoms with Gasteiger partial charge in [-0.15, -0.1) is 0 Å². The van der Waals surface area contributed by atoms with Crippen molar-refractivity contribution in [2.45, 2.75) is 26.3 Å². The number of amides is 1. The molecule has 4 heteroatoms. The number of halogens is 1. The van der Waals surface area contributed by atoms with Gasteiger partial charge in [-0.2, -0.15) is 0 Å². The van der Waals surface area contributed by atoms with Crippen molar-refractivity contribution in [1.82, 2.24) is 5.32 Å². The molecule has 2 N–H and O–H groups in total. The van der Waals surface area contributed by atoms with Crippen molar-refractivity contribution in [3.8, 4) is 0 Å². The van der Waals surface area contributed by atoms with Crippen LogP contribution in [0, 0.1) is 6.92 Å². The van der Waals surface area contributed by atoms with E-state index in [1.807, 2.05) is 39.0 Å². The molecule has 1 aromatic carbocycles. The van der Waals surface area contributed by atoms with Gasteiger partial charge < -0.3 is 10.6 Å². The van der Waals surface area contributed by atoms with Gasteiger partial charge in [-0.1, -0.05) is 15.9 Å². The minimum absolute atomic E-state index is 0.0447. The number of carbonyl (C=O) groups is 1. The Balaban J connectivity index is 2.82. The maximum atomic E-state index is 11.9. The molecule has 1 aromatic rings. The number of hydrogen-bond acceptors (Lipinski definition) is 2. The number of likely N-dealkylation sites (N-methyl/N-ethyl adjacent to an activating group) is 1. The fourth-order valence-electron chi connectivity index (χ4n) is 1.12. The Kier molecular flexibility index (Phi) is 4.10. The van der Waals surface area contributed by atoms with E-state index in [4.69, 9.17) is 0 Å². The Morgan fingerprint density at radius 1 is 1.38 bits per heavy atom. The van der Waals surface area contributed by atoms with Crippen molar-refractivity contribution in [3.05, 3.63) is 28.2 Å². The number of anilines is 1. The van der Waals surface area contributed by atoms with Gasteiger partial charge in [-0.3, -0.25) is 4.79 Å². The topological polar surface area (TPSA) is 41.1 Å². The molecule has 0 unspecified atom stereocenters. The van der Waals surface area contributed by atoms with E-state index in [1.54, 1.807) is 7.05 Å². The number of benzene rings is 1. The highest BCUT2D eigenvalue weighted by atomic mass is 79.9. The minimum atomic E-state index is -0.568. The zero-order valence-corrected chi connectivity index (χ0v) is 11.6. The molecule has 3 nitrogen and oxygen atoms in total. The SMILES string of the molecule is CNC(C)(C)C(=O)Nc1ccc(Br)c(C)c1. The van der Waals surface area contributed by atoms with Crippen LogP contribution in [0.3, 0.4) is 0 Å². The monoisotopic (exact) mass is 284 g/mol. The molecule has 0 bridgehead atoms. The second kappa shape index (κ2) is 4.97. The predicted molar refractivity (Wildman–Crippen MR) is 70.6 cm³/mol. The largest absolute Gasteiger partial charge is 0.324 e. The van der Waals surface area contributed by atoms with E-state index >= 15 is 0 Å². The highest BCUT2D eigenvalue weighted by molar-refractivity contribution is 9.10. The van der Waals surface area contributed by atoms with E-state index < -0.39 is 5.54 Å². The average Bonchev–Trinajstić information content (AvgIpc) is 2.23. The molecule has 0 atom stereocenters. The third-order valence-corrected chi connectivity index (χ3v) is 3.50. The average molecular weight is 285 g/mol. The molecule has 0 heterocycles. The maximum absolute atomic E-state index is 11.9. The highest BCUT2D eigenvalue weighted by Gasteiger charge is 2.25. The van der Waals surface area contributed by atoms with Gasteiger partial charge in [0.05, 0.1) is 5.54 Å². The number of nitrogens with one attached hydrogen (secondary N) is 2. The summed E-state index contributed by atoms with van der Waals surface area (Å²) in [7, 11) is 1.77. The van der Waals surface area contributed by atoms with Gasteiger partial charge in [-0.25, -0.2) is 0 Å². The zero-order chi connectivity index (χ0) is 12.3. The smallest absolute Gasteiger partial charge is 0.244 e. The van der Waals surface area contributed by atoms with Crippen molar-refractivity contribution in [1.29, 1.82) is 0 Å². The Morgan fingerprint density at radius 3 is 2.50 bits per heavy atom. The normalized spacial score (nSPS) is 11.3. The quantitative estimate of drug-likeness (QED) is 0.896. The van der Waals surface area contributed by atoms with E-state index in [0.29, 0.717) is 0 Å². The first-order chi connectivity index (χ1) is 7.36. The van der Waals surface area contributed by atoms with Crippen LogP contribution in [0.5, 0.6) is 0 Å². The number of rotatable bonds is 3. The molecular weight excluding hydrogens is 268 g/mol. The van der Waals surface area contributed by atoms with Crippen molar-refractivity contribution < 1.29 is 4.79 Å².